The smallest absolute Gasteiger partial charge is 0.309 e. The first-order valence-corrected chi connectivity index (χ1v) is 4.88. The molecule has 0 bridgehead atoms. The lowest BCUT2D eigenvalue weighted by molar-refractivity contribution is -0.147. The van der Waals surface area contributed by atoms with Crippen molar-refractivity contribution >= 4 is 5.97 Å². The van der Waals surface area contributed by atoms with Crippen LogP contribution in [0, 0.1) is 11.3 Å². The third kappa shape index (κ3) is 1.49. The van der Waals surface area contributed by atoms with Gasteiger partial charge in [-0.3, -0.25) is 4.79 Å². The molecule has 1 unspecified atom stereocenters. The van der Waals surface area contributed by atoms with E-state index in [2.05, 4.69) is 6.58 Å². The summed E-state index contributed by atoms with van der Waals surface area (Å²) >= 11 is 0. The largest absolute Gasteiger partial charge is 0.469 e. The maximum Gasteiger partial charge on any atom is 0.309 e. The summed E-state index contributed by atoms with van der Waals surface area (Å²) < 4.78 is 4.80. The van der Waals surface area contributed by atoms with Crippen molar-refractivity contribution in [2.45, 2.75) is 27.2 Å². The predicted molar refractivity (Wildman–Crippen MR) is 56.8 cm³/mol. The molecule has 0 aromatic heterocycles. The fourth-order valence-corrected chi connectivity index (χ4v) is 2.03. The summed E-state index contributed by atoms with van der Waals surface area (Å²) in [5, 5.41) is 0. The van der Waals surface area contributed by atoms with E-state index in [0.717, 1.165) is 12.0 Å². The van der Waals surface area contributed by atoms with Crippen LogP contribution in [-0.4, -0.2) is 13.1 Å². The zero-order chi connectivity index (χ0) is 10.9. The molecule has 0 aromatic carbocycles. The molecule has 0 amide bonds. The average molecular weight is 194 g/mol. The number of rotatable bonds is 1. The lowest BCUT2D eigenvalue weighted by Crippen LogP contribution is -2.27. The van der Waals surface area contributed by atoms with E-state index >= 15 is 0 Å². The molecule has 78 valence electrons. The molecule has 1 aliphatic carbocycles. The van der Waals surface area contributed by atoms with Gasteiger partial charge in [0.15, 0.2) is 0 Å². The second-order valence-electron chi connectivity index (χ2n) is 4.29. The van der Waals surface area contributed by atoms with Gasteiger partial charge in [0.05, 0.1) is 13.0 Å². The van der Waals surface area contributed by atoms with E-state index in [1.54, 1.807) is 0 Å². The van der Waals surface area contributed by atoms with Crippen LogP contribution in [0.1, 0.15) is 27.2 Å². The molecule has 0 N–H and O–H groups in total. The molecule has 0 radical (unpaired) electrons. The minimum atomic E-state index is -0.172. The molecule has 1 saturated carbocycles. The van der Waals surface area contributed by atoms with Crippen LogP contribution in [0.5, 0.6) is 0 Å². The van der Waals surface area contributed by atoms with Gasteiger partial charge in [0.1, 0.15) is 0 Å². The van der Waals surface area contributed by atoms with Crippen LogP contribution in [0.2, 0.25) is 0 Å². The highest BCUT2D eigenvalue weighted by molar-refractivity contribution is 5.76. The summed E-state index contributed by atoms with van der Waals surface area (Å²) in [6.07, 6.45) is 2.79. The number of ether oxygens (including phenoxy) is 1. The van der Waals surface area contributed by atoms with E-state index in [1.165, 1.54) is 12.7 Å². The quantitative estimate of drug-likeness (QED) is 0.600. The van der Waals surface area contributed by atoms with Crippen LogP contribution in [-0.2, 0) is 9.53 Å². The molecule has 14 heavy (non-hydrogen) atoms. The molecular weight excluding hydrogens is 176 g/mol. The second-order valence-corrected chi connectivity index (χ2v) is 4.29. The second kappa shape index (κ2) is 3.60. The van der Waals surface area contributed by atoms with Crippen molar-refractivity contribution in [2.24, 2.45) is 11.3 Å². The Morgan fingerprint density at radius 3 is 2.57 bits per heavy atom. The fraction of sp³-hybridized carbons (Fsp3) is 0.583. The van der Waals surface area contributed by atoms with E-state index in [4.69, 9.17) is 4.74 Å². The number of allylic oxidation sites excluding steroid dienone is 3. The Labute approximate surface area is 85.6 Å². The highest BCUT2D eigenvalue weighted by atomic mass is 16.5. The normalized spacial score (nSPS) is 28.1. The number of hydrogen-bond donors (Lipinski definition) is 0. The fourth-order valence-electron chi connectivity index (χ4n) is 2.03. The van der Waals surface area contributed by atoms with Gasteiger partial charge in [0, 0.05) is 5.41 Å². The lowest BCUT2D eigenvalue weighted by atomic mass is 9.79. The van der Waals surface area contributed by atoms with Crippen LogP contribution in [0.3, 0.4) is 0 Å². The van der Waals surface area contributed by atoms with Crippen molar-refractivity contribution in [1.82, 2.24) is 0 Å². The predicted octanol–water partition coefficient (Wildman–Crippen LogP) is 2.71. The van der Waals surface area contributed by atoms with Gasteiger partial charge in [0.25, 0.3) is 0 Å². The van der Waals surface area contributed by atoms with Gasteiger partial charge in [-0.2, -0.15) is 0 Å². The Hall–Kier alpha value is -1.05. The standard InChI is InChI=1S/C12H18O2/c1-6-9-7-10(11(13)14-5)12(3,4)8(9)2/h6,10H,2,7H2,1,3-5H3/b9-6+. The number of carbonyl (C=O) groups is 1. The Morgan fingerprint density at radius 1 is 1.64 bits per heavy atom. The average Bonchev–Trinajstić information content (AvgIpc) is 2.38. The van der Waals surface area contributed by atoms with Gasteiger partial charge in [-0.05, 0) is 24.5 Å². The van der Waals surface area contributed by atoms with E-state index in [-0.39, 0.29) is 17.3 Å². The summed E-state index contributed by atoms with van der Waals surface area (Å²) in [6.45, 7) is 10.1. The highest BCUT2D eigenvalue weighted by Gasteiger charge is 2.45. The van der Waals surface area contributed by atoms with Crippen LogP contribution in [0.25, 0.3) is 0 Å². The van der Waals surface area contributed by atoms with Crippen molar-refractivity contribution in [3.8, 4) is 0 Å². The molecule has 0 aliphatic heterocycles. The maximum atomic E-state index is 11.5. The number of carbonyl (C=O) groups excluding carboxylic acids is 1. The van der Waals surface area contributed by atoms with Crippen LogP contribution in [0.4, 0.5) is 0 Å². The Kier molecular flexibility index (Phi) is 2.84. The molecule has 2 nitrogen and oxygen atoms in total. The first-order chi connectivity index (χ1) is 6.45. The minimum Gasteiger partial charge on any atom is -0.469 e. The molecule has 0 aromatic rings. The summed E-state index contributed by atoms with van der Waals surface area (Å²) in [6, 6.07) is 0. The molecule has 1 aliphatic rings. The maximum absolute atomic E-state index is 11.5. The molecule has 0 heterocycles. The molecule has 1 fully saturated rings. The summed E-state index contributed by atoms with van der Waals surface area (Å²) in [5.41, 5.74) is 2.08. The van der Waals surface area contributed by atoms with Crippen LogP contribution in [0.15, 0.2) is 23.8 Å². The monoisotopic (exact) mass is 194 g/mol. The Balaban J connectivity index is 3.02. The van der Waals surface area contributed by atoms with Crippen LogP contribution < -0.4 is 0 Å². The number of hydrogen-bond acceptors (Lipinski definition) is 2. The minimum absolute atomic E-state index is 0.0776. The first kappa shape index (κ1) is 11.0. The third-order valence-electron chi connectivity index (χ3n) is 3.29. The lowest BCUT2D eigenvalue weighted by Gasteiger charge is -2.25. The van der Waals surface area contributed by atoms with Crippen molar-refractivity contribution < 1.29 is 9.53 Å². The van der Waals surface area contributed by atoms with Gasteiger partial charge in [-0.1, -0.05) is 26.5 Å². The van der Waals surface area contributed by atoms with Gasteiger partial charge in [0.2, 0.25) is 0 Å². The van der Waals surface area contributed by atoms with Gasteiger partial charge < -0.3 is 4.74 Å². The zero-order valence-electron chi connectivity index (χ0n) is 9.39. The van der Waals surface area contributed by atoms with Gasteiger partial charge in [-0.25, -0.2) is 0 Å². The Bertz CT molecular complexity index is 297. The van der Waals surface area contributed by atoms with Crippen molar-refractivity contribution in [3.63, 3.8) is 0 Å². The van der Waals surface area contributed by atoms with Crippen molar-refractivity contribution in [3.05, 3.63) is 23.8 Å². The first-order valence-electron chi connectivity index (χ1n) is 4.88. The number of esters is 1. The zero-order valence-corrected chi connectivity index (χ0v) is 9.39. The number of methoxy groups -OCH3 is 1. The highest BCUT2D eigenvalue weighted by Crippen LogP contribution is 2.49. The van der Waals surface area contributed by atoms with Crippen molar-refractivity contribution in [2.75, 3.05) is 7.11 Å². The molecule has 2 heteroatoms. The SMILES string of the molecule is C=C1/C(=C/C)CC(C(=O)OC)C1(C)C. The van der Waals surface area contributed by atoms with E-state index in [9.17, 15) is 4.79 Å². The van der Waals surface area contributed by atoms with E-state index in [0.29, 0.717) is 0 Å². The van der Waals surface area contributed by atoms with Gasteiger partial charge in [-0.15, -0.1) is 0 Å². The Morgan fingerprint density at radius 2 is 2.21 bits per heavy atom. The van der Waals surface area contributed by atoms with Crippen LogP contribution >= 0.6 is 0 Å². The molecule has 0 saturated heterocycles. The summed E-state index contributed by atoms with van der Waals surface area (Å²) in [4.78, 5) is 11.5. The molecule has 1 atom stereocenters. The topological polar surface area (TPSA) is 26.3 Å². The molecular formula is C12H18O2. The van der Waals surface area contributed by atoms with Gasteiger partial charge >= 0.3 is 5.97 Å². The van der Waals surface area contributed by atoms with E-state index in [1.807, 2.05) is 26.8 Å². The molecule has 0 spiro atoms. The molecule has 1 rings (SSSR count). The third-order valence-corrected chi connectivity index (χ3v) is 3.29. The van der Waals surface area contributed by atoms with Crippen molar-refractivity contribution in [1.29, 1.82) is 0 Å². The summed E-state index contributed by atoms with van der Waals surface area (Å²) in [7, 11) is 1.44. The summed E-state index contributed by atoms with van der Waals surface area (Å²) in [5.74, 6) is -0.209. The van der Waals surface area contributed by atoms with E-state index < -0.39 is 0 Å².